The van der Waals surface area contributed by atoms with E-state index in [1.54, 1.807) is 5.38 Å². The topological polar surface area (TPSA) is 57.2 Å². The maximum Gasteiger partial charge on any atom is 0.209 e. The van der Waals surface area contributed by atoms with Gasteiger partial charge in [0.05, 0.1) is 0 Å². The molecule has 0 aliphatic rings. The van der Waals surface area contributed by atoms with Gasteiger partial charge in [0.15, 0.2) is 0 Å². The van der Waals surface area contributed by atoms with Crippen molar-refractivity contribution in [2.75, 3.05) is 0 Å². The summed E-state index contributed by atoms with van der Waals surface area (Å²) in [6.07, 6.45) is 0. The highest BCUT2D eigenvalue weighted by Crippen LogP contribution is 2.05. The number of aliphatic carboxylic acids is 1. The van der Waals surface area contributed by atoms with Gasteiger partial charge in [0.2, 0.25) is 5.78 Å². The van der Waals surface area contributed by atoms with Crippen LogP contribution in [0.2, 0.25) is 0 Å². The highest BCUT2D eigenvalue weighted by molar-refractivity contribution is 7.08. The summed E-state index contributed by atoms with van der Waals surface area (Å²) < 4.78 is 0. The summed E-state index contributed by atoms with van der Waals surface area (Å²) in [5, 5.41) is 13.0. The number of hydrogen-bond donors (Lipinski definition) is 0. The van der Waals surface area contributed by atoms with Gasteiger partial charge in [0.25, 0.3) is 0 Å². The smallest absolute Gasteiger partial charge is 0.209 e. The Balaban J connectivity index is 2.88. The third kappa shape index (κ3) is 1.22. The molecule has 0 amide bonds. The van der Waals surface area contributed by atoms with Crippen LogP contribution in [0.5, 0.6) is 0 Å². The molecular weight excluding hydrogens is 152 g/mol. The lowest BCUT2D eigenvalue weighted by Crippen LogP contribution is -2.31. The van der Waals surface area contributed by atoms with E-state index in [0.29, 0.717) is 0 Å². The van der Waals surface area contributed by atoms with Crippen LogP contribution in [-0.4, -0.2) is 11.8 Å². The molecule has 0 aliphatic carbocycles. The van der Waals surface area contributed by atoms with Crippen molar-refractivity contribution in [3.8, 4) is 0 Å². The van der Waals surface area contributed by atoms with Crippen molar-refractivity contribution < 1.29 is 14.7 Å². The molecule has 52 valence electrons. The van der Waals surface area contributed by atoms with E-state index in [-0.39, 0.29) is 5.56 Å². The lowest BCUT2D eigenvalue weighted by atomic mass is 10.2. The van der Waals surface area contributed by atoms with Crippen molar-refractivity contribution in [3.63, 3.8) is 0 Å². The van der Waals surface area contributed by atoms with Crippen LogP contribution in [0.25, 0.3) is 0 Å². The van der Waals surface area contributed by atoms with E-state index in [9.17, 15) is 14.7 Å². The Morgan fingerprint density at radius 2 is 2.20 bits per heavy atom. The second kappa shape index (κ2) is 2.62. The molecule has 0 aromatic carbocycles. The molecule has 0 aliphatic heterocycles. The van der Waals surface area contributed by atoms with Gasteiger partial charge in [-0.3, -0.25) is 4.79 Å². The number of carbonyl (C=O) groups is 2. The summed E-state index contributed by atoms with van der Waals surface area (Å²) in [5.74, 6) is -2.61. The third-order valence-electron chi connectivity index (χ3n) is 0.969. The van der Waals surface area contributed by atoms with Crippen LogP contribution >= 0.6 is 11.3 Å². The number of carbonyl (C=O) groups excluding carboxylic acids is 2. The molecule has 0 radical (unpaired) electrons. The second-order valence-electron chi connectivity index (χ2n) is 1.63. The molecular formula is C6H3O3S-. The molecule has 1 rings (SSSR count). The normalized spacial score (nSPS) is 9.20. The molecule has 0 saturated heterocycles. The molecule has 0 bridgehead atoms. The van der Waals surface area contributed by atoms with Gasteiger partial charge < -0.3 is 9.90 Å². The lowest BCUT2D eigenvalue weighted by molar-refractivity contribution is -0.296. The van der Waals surface area contributed by atoms with Crippen molar-refractivity contribution in [3.05, 3.63) is 22.4 Å². The van der Waals surface area contributed by atoms with Crippen molar-refractivity contribution in [2.45, 2.75) is 0 Å². The van der Waals surface area contributed by atoms with Gasteiger partial charge in [0, 0.05) is 10.9 Å². The fraction of sp³-hybridized carbons (Fsp3) is 0. The summed E-state index contributed by atoms with van der Waals surface area (Å²) in [6, 6.07) is 1.45. The van der Waals surface area contributed by atoms with Crippen LogP contribution in [-0.2, 0) is 4.79 Å². The second-order valence-corrected chi connectivity index (χ2v) is 2.41. The van der Waals surface area contributed by atoms with E-state index < -0.39 is 11.8 Å². The highest BCUT2D eigenvalue weighted by atomic mass is 32.1. The number of thiophene rings is 1. The predicted octanol–water partition coefficient (Wildman–Crippen LogP) is -0.319. The quantitative estimate of drug-likeness (QED) is 0.434. The average molecular weight is 155 g/mol. The van der Waals surface area contributed by atoms with Crippen molar-refractivity contribution in [2.24, 2.45) is 0 Å². The number of hydrogen-bond acceptors (Lipinski definition) is 4. The van der Waals surface area contributed by atoms with Crippen LogP contribution in [0.1, 0.15) is 10.4 Å². The SMILES string of the molecule is O=C([O-])C(=O)c1ccsc1. The zero-order valence-corrected chi connectivity index (χ0v) is 5.68. The van der Waals surface area contributed by atoms with Crippen LogP contribution < -0.4 is 5.11 Å². The third-order valence-corrected chi connectivity index (χ3v) is 1.65. The van der Waals surface area contributed by atoms with Gasteiger partial charge in [-0.1, -0.05) is 0 Å². The molecule has 0 atom stereocenters. The predicted molar refractivity (Wildman–Crippen MR) is 33.7 cm³/mol. The highest BCUT2D eigenvalue weighted by Gasteiger charge is 2.04. The van der Waals surface area contributed by atoms with E-state index in [0.717, 1.165) is 0 Å². The van der Waals surface area contributed by atoms with Crippen LogP contribution in [0.3, 0.4) is 0 Å². The number of Topliss-reactive ketones (excluding diaryl/α,β-unsaturated/α-hetero) is 1. The minimum Gasteiger partial charge on any atom is -0.541 e. The number of rotatable bonds is 2. The molecule has 0 unspecified atom stereocenters. The van der Waals surface area contributed by atoms with E-state index in [2.05, 4.69) is 0 Å². The van der Waals surface area contributed by atoms with E-state index in [1.807, 2.05) is 0 Å². The van der Waals surface area contributed by atoms with Crippen LogP contribution in [0.15, 0.2) is 16.8 Å². The number of carboxylic acids is 1. The molecule has 3 nitrogen and oxygen atoms in total. The average Bonchev–Trinajstić information content (AvgIpc) is 2.36. The molecule has 1 aromatic rings. The standard InChI is InChI=1S/C6H4O3S/c7-5(6(8)9)4-1-2-10-3-4/h1-3H,(H,8,9)/p-1. The molecule has 4 heteroatoms. The fourth-order valence-corrected chi connectivity index (χ4v) is 1.15. The minimum atomic E-state index is -1.65. The summed E-state index contributed by atoms with van der Waals surface area (Å²) in [5.41, 5.74) is 0.185. The molecule has 0 N–H and O–H groups in total. The summed E-state index contributed by atoms with van der Waals surface area (Å²) in [7, 11) is 0. The van der Waals surface area contributed by atoms with Gasteiger partial charge in [-0.05, 0) is 11.4 Å². The summed E-state index contributed by atoms with van der Waals surface area (Å²) in [6.45, 7) is 0. The maximum absolute atomic E-state index is 10.6. The van der Waals surface area contributed by atoms with E-state index >= 15 is 0 Å². The molecule has 0 saturated carbocycles. The van der Waals surface area contributed by atoms with Crippen molar-refractivity contribution in [1.29, 1.82) is 0 Å². The number of carboxylic acid groups (broad SMARTS) is 1. The Morgan fingerprint density at radius 1 is 1.50 bits per heavy atom. The van der Waals surface area contributed by atoms with Gasteiger partial charge in [-0.15, -0.1) is 0 Å². The Bertz CT molecular complexity index is 250. The van der Waals surface area contributed by atoms with E-state index in [4.69, 9.17) is 0 Å². The fourth-order valence-electron chi connectivity index (χ4n) is 0.512. The molecule has 10 heavy (non-hydrogen) atoms. The molecule has 0 spiro atoms. The first kappa shape index (κ1) is 6.95. The first-order valence-corrected chi connectivity index (χ1v) is 3.44. The van der Waals surface area contributed by atoms with Crippen molar-refractivity contribution >= 4 is 23.1 Å². The zero-order chi connectivity index (χ0) is 7.56. The van der Waals surface area contributed by atoms with Crippen molar-refractivity contribution in [1.82, 2.24) is 0 Å². The Hall–Kier alpha value is -1.16. The zero-order valence-electron chi connectivity index (χ0n) is 4.87. The first-order chi connectivity index (χ1) is 4.72. The van der Waals surface area contributed by atoms with Crippen LogP contribution in [0, 0.1) is 0 Å². The molecule has 1 aromatic heterocycles. The monoisotopic (exact) mass is 155 g/mol. The Morgan fingerprint density at radius 3 is 2.60 bits per heavy atom. The Labute approximate surface area is 60.9 Å². The van der Waals surface area contributed by atoms with Gasteiger partial charge in [0.1, 0.15) is 5.97 Å². The van der Waals surface area contributed by atoms with Gasteiger partial charge >= 0.3 is 0 Å². The largest absolute Gasteiger partial charge is 0.541 e. The maximum atomic E-state index is 10.6. The van der Waals surface area contributed by atoms with Crippen LogP contribution in [0.4, 0.5) is 0 Å². The molecule has 0 fully saturated rings. The summed E-state index contributed by atoms with van der Waals surface area (Å²) >= 11 is 1.27. The molecule has 1 heterocycles. The number of ketones is 1. The van der Waals surface area contributed by atoms with E-state index in [1.165, 1.54) is 22.8 Å². The summed E-state index contributed by atoms with van der Waals surface area (Å²) in [4.78, 5) is 20.5. The Kier molecular flexibility index (Phi) is 1.82. The van der Waals surface area contributed by atoms with Gasteiger partial charge in [-0.2, -0.15) is 11.3 Å². The lowest BCUT2D eigenvalue weighted by Gasteiger charge is -1.94. The first-order valence-electron chi connectivity index (χ1n) is 2.49. The minimum absolute atomic E-state index is 0.185. The van der Waals surface area contributed by atoms with Gasteiger partial charge in [-0.25, -0.2) is 0 Å².